The third-order valence-electron chi connectivity index (χ3n) is 3.81. The van der Waals surface area contributed by atoms with Crippen molar-refractivity contribution in [1.82, 2.24) is 15.1 Å². The smallest absolute Gasteiger partial charge is 0.0766 e. The first-order valence-electron chi connectivity index (χ1n) is 7.18. The van der Waals surface area contributed by atoms with E-state index in [-0.39, 0.29) is 0 Å². The molecule has 0 radical (unpaired) electrons. The van der Waals surface area contributed by atoms with E-state index >= 15 is 0 Å². The fourth-order valence-corrected chi connectivity index (χ4v) is 4.86. The molecule has 0 spiro atoms. The SMILES string of the molecule is CCCNC1CSCC1Cc1c(Br)c(CC)nn1C. The van der Waals surface area contributed by atoms with Gasteiger partial charge in [-0.3, -0.25) is 4.68 Å². The first-order chi connectivity index (χ1) is 9.17. The lowest BCUT2D eigenvalue weighted by Crippen LogP contribution is -2.37. The largest absolute Gasteiger partial charge is 0.313 e. The van der Waals surface area contributed by atoms with Crippen molar-refractivity contribution in [2.45, 2.75) is 39.2 Å². The summed E-state index contributed by atoms with van der Waals surface area (Å²) in [5, 5.41) is 8.30. The predicted octanol–water partition coefficient (Wildman–Crippen LogP) is 3.02. The van der Waals surface area contributed by atoms with E-state index in [0.29, 0.717) is 6.04 Å². The molecule has 2 atom stereocenters. The first-order valence-corrected chi connectivity index (χ1v) is 9.13. The summed E-state index contributed by atoms with van der Waals surface area (Å²) in [7, 11) is 2.07. The lowest BCUT2D eigenvalue weighted by Gasteiger charge is -2.20. The highest BCUT2D eigenvalue weighted by molar-refractivity contribution is 9.10. The van der Waals surface area contributed by atoms with Crippen LogP contribution in [-0.2, 0) is 19.9 Å². The van der Waals surface area contributed by atoms with Crippen LogP contribution in [0.3, 0.4) is 0 Å². The average molecular weight is 346 g/mol. The van der Waals surface area contributed by atoms with Gasteiger partial charge in [-0.15, -0.1) is 0 Å². The number of aromatic nitrogens is 2. The van der Waals surface area contributed by atoms with E-state index in [1.165, 1.54) is 33.8 Å². The summed E-state index contributed by atoms with van der Waals surface area (Å²) in [6.07, 6.45) is 3.33. The molecule has 1 aromatic heterocycles. The third-order valence-corrected chi connectivity index (χ3v) is 5.99. The number of nitrogens with one attached hydrogen (secondary N) is 1. The average Bonchev–Trinajstić information content (AvgIpc) is 2.95. The Morgan fingerprint density at radius 3 is 2.84 bits per heavy atom. The minimum Gasteiger partial charge on any atom is -0.313 e. The number of rotatable bonds is 6. The van der Waals surface area contributed by atoms with Gasteiger partial charge in [0.15, 0.2) is 0 Å². The van der Waals surface area contributed by atoms with E-state index in [2.05, 4.69) is 63.7 Å². The van der Waals surface area contributed by atoms with Crippen LogP contribution in [0.5, 0.6) is 0 Å². The molecule has 108 valence electrons. The van der Waals surface area contributed by atoms with E-state index < -0.39 is 0 Å². The fourth-order valence-electron chi connectivity index (χ4n) is 2.65. The molecule has 1 saturated heterocycles. The molecule has 0 aliphatic carbocycles. The Morgan fingerprint density at radius 2 is 2.21 bits per heavy atom. The van der Waals surface area contributed by atoms with Crippen molar-refractivity contribution < 1.29 is 0 Å². The maximum absolute atomic E-state index is 4.60. The number of thioether (sulfide) groups is 1. The second-order valence-corrected chi connectivity index (χ2v) is 7.11. The molecule has 3 nitrogen and oxygen atoms in total. The van der Waals surface area contributed by atoms with Gasteiger partial charge >= 0.3 is 0 Å². The molecule has 0 amide bonds. The van der Waals surface area contributed by atoms with Gasteiger partial charge < -0.3 is 5.32 Å². The lowest BCUT2D eigenvalue weighted by atomic mass is 9.97. The predicted molar refractivity (Wildman–Crippen MR) is 86.9 cm³/mol. The number of aryl methyl sites for hydroxylation is 2. The Hall–Kier alpha value is 0. The minimum atomic E-state index is 0.664. The molecule has 2 rings (SSSR count). The quantitative estimate of drug-likeness (QED) is 0.859. The molecule has 1 aliphatic rings. The Kier molecular flexibility index (Phi) is 5.78. The Balaban J connectivity index is 2.05. The number of nitrogens with zero attached hydrogens (tertiary/aromatic N) is 2. The van der Waals surface area contributed by atoms with Gasteiger partial charge in [0.1, 0.15) is 0 Å². The van der Waals surface area contributed by atoms with Gasteiger partial charge in [-0.1, -0.05) is 13.8 Å². The highest BCUT2D eigenvalue weighted by atomic mass is 79.9. The summed E-state index contributed by atoms with van der Waals surface area (Å²) in [5.41, 5.74) is 2.54. The summed E-state index contributed by atoms with van der Waals surface area (Å²) in [6.45, 7) is 5.53. The molecule has 1 fully saturated rings. The van der Waals surface area contributed by atoms with Crippen LogP contribution >= 0.6 is 27.7 Å². The van der Waals surface area contributed by atoms with Crippen LogP contribution in [0.25, 0.3) is 0 Å². The molecule has 19 heavy (non-hydrogen) atoms. The van der Waals surface area contributed by atoms with Crippen molar-refractivity contribution in [2.24, 2.45) is 13.0 Å². The zero-order valence-corrected chi connectivity index (χ0v) is 14.5. The van der Waals surface area contributed by atoms with E-state index in [1.807, 2.05) is 0 Å². The van der Waals surface area contributed by atoms with Crippen LogP contribution in [-0.4, -0.2) is 33.9 Å². The molecular formula is C14H24BrN3S. The van der Waals surface area contributed by atoms with Crippen LogP contribution in [0, 0.1) is 5.92 Å². The van der Waals surface area contributed by atoms with Gasteiger partial charge in [0, 0.05) is 18.8 Å². The van der Waals surface area contributed by atoms with Crippen LogP contribution in [0.2, 0.25) is 0 Å². The minimum absolute atomic E-state index is 0.664. The van der Waals surface area contributed by atoms with Crippen molar-refractivity contribution in [3.63, 3.8) is 0 Å². The van der Waals surface area contributed by atoms with Gasteiger partial charge in [-0.25, -0.2) is 0 Å². The zero-order chi connectivity index (χ0) is 13.8. The van der Waals surface area contributed by atoms with Crippen molar-refractivity contribution in [2.75, 3.05) is 18.1 Å². The van der Waals surface area contributed by atoms with E-state index in [4.69, 9.17) is 0 Å². The maximum Gasteiger partial charge on any atom is 0.0766 e. The van der Waals surface area contributed by atoms with Gasteiger partial charge in [0.2, 0.25) is 0 Å². The molecule has 1 aromatic rings. The highest BCUT2D eigenvalue weighted by Gasteiger charge is 2.29. The Labute approximate surface area is 129 Å². The van der Waals surface area contributed by atoms with Crippen molar-refractivity contribution in [3.05, 3.63) is 15.9 Å². The Bertz CT molecular complexity index is 419. The summed E-state index contributed by atoms with van der Waals surface area (Å²) in [4.78, 5) is 0. The molecule has 0 aromatic carbocycles. The van der Waals surface area contributed by atoms with Crippen molar-refractivity contribution in [1.29, 1.82) is 0 Å². The molecule has 2 unspecified atom stereocenters. The second-order valence-electron chi connectivity index (χ2n) is 5.25. The van der Waals surface area contributed by atoms with E-state index in [1.54, 1.807) is 0 Å². The summed E-state index contributed by atoms with van der Waals surface area (Å²) < 4.78 is 3.28. The molecule has 0 bridgehead atoms. The van der Waals surface area contributed by atoms with E-state index in [0.717, 1.165) is 25.3 Å². The summed E-state index contributed by atoms with van der Waals surface area (Å²) in [5.74, 6) is 3.24. The van der Waals surface area contributed by atoms with Crippen molar-refractivity contribution in [3.8, 4) is 0 Å². The van der Waals surface area contributed by atoms with Gasteiger partial charge in [0.25, 0.3) is 0 Å². The summed E-state index contributed by atoms with van der Waals surface area (Å²) >= 11 is 5.81. The molecule has 1 aliphatic heterocycles. The van der Waals surface area contributed by atoms with Crippen LogP contribution in [0.4, 0.5) is 0 Å². The summed E-state index contributed by atoms with van der Waals surface area (Å²) in [6, 6.07) is 0.664. The standard InChI is InChI=1S/C14H24BrN3S/c1-4-6-16-12-9-19-8-10(12)7-13-14(15)11(5-2)17-18(13)3/h10,12,16H,4-9H2,1-3H3. The molecule has 5 heteroatoms. The molecular weight excluding hydrogens is 322 g/mol. The van der Waals surface area contributed by atoms with Crippen LogP contribution in [0.15, 0.2) is 4.47 Å². The second kappa shape index (κ2) is 7.14. The van der Waals surface area contributed by atoms with E-state index in [9.17, 15) is 0 Å². The third kappa shape index (κ3) is 3.56. The topological polar surface area (TPSA) is 29.9 Å². The normalized spacial score (nSPS) is 23.2. The molecule has 2 heterocycles. The monoisotopic (exact) mass is 345 g/mol. The fraction of sp³-hybridized carbons (Fsp3) is 0.786. The lowest BCUT2D eigenvalue weighted by molar-refractivity contribution is 0.416. The number of hydrogen-bond donors (Lipinski definition) is 1. The maximum atomic E-state index is 4.60. The van der Waals surface area contributed by atoms with Gasteiger partial charge in [-0.05, 0) is 53.4 Å². The number of hydrogen-bond acceptors (Lipinski definition) is 3. The van der Waals surface area contributed by atoms with Gasteiger partial charge in [-0.2, -0.15) is 16.9 Å². The zero-order valence-electron chi connectivity index (χ0n) is 12.1. The first kappa shape index (κ1) is 15.4. The molecule has 0 saturated carbocycles. The van der Waals surface area contributed by atoms with Crippen LogP contribution in [0.1, 0.15) is 31.7 Å². The van der Waals surface area contributed by atoms with Crippen molar-refractivity contribution >= 4 is 27.7 Å². The highest BCUT2D eigenvalue weighted by Crippen LogP contribution is 2.31. The van der Waals surface area contributed by atoms with Crippen LogP contribution < -0.4 is 5.32 Å². The molecule has 1 N–H and O–H groups in total. The Morgan fingerprint density at radius 1 is 1.42 bits per heavy atom. The number of halogens is 1. The van der Waals surface area contributed by atoms with Gasteiger partial charge in [0.05, 0.1) is 15.9 Å².